The molecule has 2 heterocycles. The highest BCUT2D eigenvalue weighted by Crippen LogP contribution is 2.35. The first kappa shape index (κ1) is 12.8. The number of aromatic nitrogens is 3. The monoisotopic (exact) mass is 322 g/mol. The van der Waals surface area contributed by atoms with E-state index in [4.69, 9.17) is 0 Å². The van der Waals surface area contributed by atoms with E-state index in [2.05, 4.69) is 40.9 Å². The normalized spacial score (nSPS) is 11.6. The van der Waals surface area contributed by atoms with Crippen LogP contribution in [0.2, 0.25) is 0 Å². The van der Waals surface area contributed by atoms with Gasteiger partial charge in [-0.1, -0.05) is 5.16 Å². The molecule has 0 spiro atoms. The van der Waals surface area contributed by atoms with Crippen LogP contribution in [0.25, 0.3) is 0 Å². The maximum absolute atomic E-state index is 12.7. The SMILES string of the molecule is FC(F)(F)c1cc(Br)cnc1NCc1ncon1. The Kier molecular flexibility index (Phi) is 3.50. The second kappa shape index (κ2) is 4.92. The topological polar surface area (TPSA) is 63.8 Å². The van der Waals surface area contributed by atoms with Gasteiger partial charge in [0.15, 0.2) is 5.82 Å². The molecule has 0 saturated heterocycles. The predicted molar refractivity (Wildman–Crippen MR) is 58.6 cm³/mol. The Morgan fingerprint density at radius 3 is 2.72 bits per heavy atom. The maximum atomic E-state index is 12.7. The molecule has 1 N–H and O–H groups in total. The van der Waals surface area contributed by atoms with Gasteiger partial charge in [0.2, 0.25) is 6.39 Å². The first-order chi connectivity index (χ1) is 8.47. The molecule has 0 aliphatic heterocycles. The first-order valence-corrected chi connectivity index (χ1v) is 5.48. The lowest BCUT2D eigenvalue weighted by atomic mass is 10.2. The number of alkyl halides is 3. The van der Waals surface area contributed by atoms with Crippen molar-refractivity contribution in [2.24, 2.45) is 0 Å². The van der Waals surface area contributed by atoms with E-state index >= 15 is 0 Å². The average molecular weight is 323 g/mol. The number of halogens is 4. The van der Waals surface area contributed by atoms with Crippen LogP contribution in [-0.4, -0.2) is 15.1 Å². The van der Waals surface area contributed by atoms with Gasteiger partial charge in [0.05, 0.1) is 12.1 Å². The van der Waals surface area contributed by atoms with Gasteiger partial charge in [0.25, 0.3) is 0 Å². The van der Waals surface area contributed by atoms with E-state index in [-0.39, 0.29) is 22.7 Å². The van der Waals surface area contributed by atoms with E-state index in [0.29, 0.717) is 0 Å². The Bertz CT molecular complexity index is 529. The first-order valence-electron chi connectivity index (χ1n) is 4.68. The van der Waals surface area contributed by atoms with Crippen molar-refractivity contribution in [3.05, 3.63) is 34.5 Å². The molecule has 0 fully saturated rings. The Labute approximate surface area is 108 Å². The van der Waals surface area contributed by atoms with Crippen molar-refractivity contribution >= 4 is 21.7 Å². The van der Waals surface area contributed by atoms with Crippen LogP contribution in [0.5, 0.6) is 0 Å². The molecule has 0 unspecified atom stereocenters. The highest BCUT2D eigenvalue weighted by molar-refractivity contribution is 9.10. The van der Waals surface area contributed by atoms with Gasteiger partial charge in [0, 0.05) is 10.7 Å². The molecule has 0 aromatic carbocycles. The molecular formula is C9H6BrF3N4O. The van der Waals surface area contributed by atoms with Gasteiger partial charge in [0.1, 0.15) is 5.82 Å². The highest BCUT2D eigenvalue weighted by atomic mass is 79.9. The molecule has 2 aromatic heterocycles. The van der Waals surface area contributed by atoms with Crippen molar-refractivity contribution in [1.82, 2.24) is 15.1 Å². The molecule has 5 nitrogen and oxygen atoms in total. The second-order valence-corrected chi connectivity index (χ2v) is 4.16. The summed E-state index contributed by atoms with van der Waals surface area (Å²) in [5.74, 6) is -0.0386. The minimum absolute atomic E-state index is 0.00574. The van der Waals surface area contributed by atoms with Crippen molar-refractivity contribution in [3.63, 3.8) is 0 Å². The van der Waals surface area contributed by atoms with Crippen molar-refractivity contribution in [1.29, 1.82) is 0 Å². The zero-order chi connectivity index (χ0) is 13.2. The van der Waals surface area contributed by atoms with Gasteiger partial charge in [-0.15, -0.1) is 0 Å². The molecule has 18 heavy (non-hydrogen) atoms. The van der Waals surface area contributed by atoms with Gasteiger partial charge in [-0.3, -0.25) is 0 Å². The fraction of sp³-hybridized carbons (Fsp3) is 0.222. The van der Waals surface area contributed by atoms with E-state index in [1.807, 2.05) is 0 Å². The Morgan fingerprint density at radius 2 is 2.11 bits per heavy atom. The Hall–Kier alpha value is -1.64. The number of nitrogens with one attached hydrogen (secondary N) is 1. The second-order valence-electron chi connectivity index (χ2n) is 3.25. The van der Waals surface area contributed by atoms with Gasteiger partial charge >= 0.3 is 6.18 Å². The molecule has 0 radical (unpaired) electrons. The number of nitrogens with zero attached hydrogens (tertiary/aromatic N) is 3. The molecule has 0 aliphatic carbocycles. The summed E-state index contributed by atoms with van der Waals surface area (Å²) in [6, 6.07) is 0.950. The van der Waals surface area contributed by atoms with Crippen LogP contribution in [0.3, 0.4) is 0 Å². The third-order valence-electron chi connectivity index (χ3n) is 1.98. The summed E-state index contributed by atoms with van der Waals surface area (Å²) in [5, 5.41) is 5.99. The third-order valence-corrected chi connectivity index (χ3v) is 2.41. The molecule has 96 valence electrons. The van der Waals surface area contributed by atoms with Crippen molar-refractivity contribution in [3.8, 4) is 0 Å². The van der Waals surface area contributed by atoms with E-state index in [9.17, 15) is 13.2 Å². The van der Waals surface area contributed by atoms with Gasteiger partial charge in [-0.05, 0) is 22.0 Å². The van der Waals surface area contributed by atoms with Crippen LogP contribution in [-0.2, 0) is 12.7 Å². The fourth-order valence-electron chi connectivity index (χ4n) is 1.23. The predicted octanol–water partition coefficient (Wildman–Crippen LogP) is 2.86. The number of rotatable bonds is 3. The van der Waals surface area contributed by atoms with E-state index in [0.717, 1.165) is 12.5 Å². The van der Waals surface area contributed by atoms with Gasteiger partial charge in [-0.2, -0.15) is 18.2 Å². The lowest BCUT2D eigenvalue weighted by molar-refractivity contribution is -0.137. The van der Waals surface area contributed by atoms with E-state index in [1.165, 1.54) is 6.20 Å². The van der Waals surface area contributed by atoms with Crippen LogP contribution in [0, 0.1) is 0 Å². The minimum atomic E-state index is -4.49. The van der Waals surface area contributed by atoms with Crippen molar-refractivity contribution < 1.29 is 17.7 Å². The minimum Gasteiger partial charge on any atom is -0.362 e. The van der Waals surface area contributed by atoms with Crippen LogP contribution in [0.4, 0.5) is 19.0 Å². The van der Waals surface area contributed by atoms with Crippen molar-refractivity contribution in [2.75, 3.05) is 5.32 Å². The highest BCUT2D eigenvalue weighted by Gasteiger charge is 2.34. The summed E-state index contributed by atoms with van der Waals surface area (Å²) in [6.45, 7) is -0.00574. The number of hydrogen-bond acceptors (Lipinski definition) is 5. The standard InChI is InChI=1S/C9H6BrF3N4O/c10-5-1-6(9(11,12)13)8(14-2-5)15-3-7-16-4-18-17-7/h1-2,4H,3H2,(H,14,15). The summed E-state index contributed by atoms with van der Waals surface area (Å²) < 4.78 is 42.9. The summed E-state index contributed by atoms with van der Waals surface area (Å²) in [7, 11) is 0. The Balaban J connectivity index is 2.22. The maximum Gasteiger partial charge on any atom is 0.419 e. The van der Waals surface area contributed by atoms with Crippen LogP contribution < -0.4 is 5.32 Å². The molecule has 0 saturated carbocycles. The van der Waals surface area contributed by atoms with Crippen LogP contribution in [0.15, 0.2) is 27.7 Å². The average Bonchev–Trinajstić information content (AvgIpc) is 2.79. The molecule has 0 aliphatic rings. The van der Waals surface area contributed by atoms with E-state index in [1.54, 1.807) is 0 Å². The van der Waals surface area contributed by atoms with Gasteiger partial charge in [-0.25, -0.2) is 4.98 Å². The molecule has 2 aromatic rings. The fourth-order valence-corrected chi connectivity index (χ4v) is 1.56. The van der Waals surface area contributed by atoms with Gasteiger partial charge < -0.3 is 9.84 Å². The summed E-state index contributed by atoms with van der Waals surface area (Å²) in [4.78, 5) is 7.36. The number of pyridine rings is 1. The largest absolute Gasteiger partial charge is 0.419 e. The zero-order valence-electron chi connectivity index (χ0n) is 8.70. The van der Waals surface area contributed by atoms with Crippen LogP contribution in [0.1, 0.15) is 11.4 Å². The smallest absolute Gasteiger partial charge is 0.362 e. The lowest BCUT2D eigenvalue weighted by Gasteiger charge is -2.12. The van der Waals surface area contributed by atoms with Crippen LogP contribution >= 0.6 is 15.9 Å². The lowest BCUT2D eigenvalue weighted by Crippen LogP contribution is -2.12. The van der Waals surface area contributed by atoms with E-state index < -0.39 is 11.7 Å². The third kappa shape index (κ3) is 2.97. The summed E-state index contributed by atoms with van der Waals surface area (Å²) in [6.07, 6.45) is -2.12. The molecule has 0 bridgehead atoms. The van der Waals surface area contributed by atoms with Crippen molar-refractivity contribution in [2.45, 2.75) is 12.7 Å². The molecule has 2 rings (SSSR count). The molecule has 0 amide bonds. The number of hydrogen-bond donors (Lipinski definition) is 1. The molecule has 0 atom stereocenters. The summed E-state index contributed by atoms with van der Waals surface area (Å²) in [5.41, 5.74) is -0.861. The molecule has 9 heteroatoms. The molecular weight excluding hydrogens is 317 g/mol. The Morgan fingerprint density at radius 1 is 1.33 bits per heavy atom. The summed E-state index contributed by atoms with van der Waals surface area (Å²) >= 11 is 2.95. The zero-order valence-corrected chi connectivity index (χ0v) is 10.3. The number of anilines is 1. The quantitative estimate of drug-likeness (QED) is 0.941.